The van der Waals surface area contributed by atoms with Crippen LogP contribution < -0.4 is 19.5 Å². The standard InChI is InChI=1S/C22H22BrNO3/c1-25-20-10-8-19(9-11-20)24-14-17-12-18(23)13-21(26-2)22(17)27-15-16-6-4-3-5-7-16/h3-13,24H,14-15H2,1-2H3. The summed E-state index contributed by atoms with van der Waals surface area (Å²) in [5.74, 6) is 2.27. The quantitative estimate of drug-likeness (QED) is 0.503. The van der Waals surface area contributed by atoms with Crippen molar-refractivity contribution in [1.82, 2.24) is 0 Å². The summed E-state index contributed by atoms with van der Waals surface area (Å²) in [6.45, 7) is 1.08. The van der Waals surface area contributed by atoms with E-state index in [9.17, 15) is 0 Å². The van der Waals surface area contributed by atoms with Gasteiger partial charge in [0.25, 0.3) is 0 Å². The minimum absolute atomic E-state index is 0.481. The average molecular weight is 428 g/mol. The molecule has 140 valence electrons. The lowest BCUT2D eigenvalue weighted by atomic mass is 10.1. The Morgan fingerprint density at radius 2 is 1.63 bits per heavy atom. The molecule has 3 aromatic carbocycles. The van der Waals surface area contributed by atoms with Gasteiger partial charge in [-0.2, -0.15) is 0 Å². The molecule has 3 rings (SSSR count). The van der Waals surface area contributed by atoms with Crippen LogP contribution in [0.15, 0.2) is 71.2 Å². The Morgan fingerprint density at radius 1 is 0.889 bits per heavy atom. The highest BCUT2D eigenvalue weighted by molar-refractivity contribution is 9.10. The second kappa shape index (κ2) is 9.33. The number of halogens is 1. The van der Waals surface area contributed by atoms with E-state index < -0.39 is 0 Å². The number of ether oxygens (including phenoxy) is 3. The van der Waals surface area contributed by atoms with Crippen molar-refractivity contribution in [2.75, 3.05) is 19.5 Å². The number of methoxy groups -OCH3 is 2. The molecule has 0 amide bonds. The van der Waals surface area contributed by atoms with Crippen molar-refractivity contribution in [3.8, 4) is 17.2 Å². The third-order valence-electron chi connectivity index (χ3n) is 4.12. The molecule has 0 saturated heterocycles. The van der Waals surface area contributed by atoms with Gasteiger partial charge in [0.15, 0.2) is 11.5 Å². The zero-order valence-electron chi connectivity index (χ0n) is 15.4. The first-order valence-electron chi connectivity index (χ1n) is 8.60. The van der Waals surface area contributed by atoms with Gasteiger partial charge in [-0.05, 0) is 42.0 Å². The lowest BCUT2D eigenvalue weighted by Crippen LogP contribution is -2.05. The van der Waals surface area contributed by atoms with Crippen molar-refractivity contribution in [2.24, 2.45) is 0 Å². The van der Waals surface area contributed by atoms with Crippen LogP contribution in [-0.4, -0.2) is 14.2 Å². The number of hydrogen-bond acceptors (Lipinski definition) is 4. The molecule has 27 heavy (non-hydrogen) atoms. The third kappa shape index (κ3) is 5.17. The molecule has 0 atom stereocenters. The molecule has 0 fully saturated rings. The highest BCUT2D eigenvalue weighted by Gasteiger charge is 2.13. The van der Waals surface area contributed by atoms with Crippen LogP contribution in [0.2, 0.25) is 0 Å². The summed E-state index contributed by atoms with van der Waals surface area (Å²) in [5, 5.41) is 3.42. The van der Waals surface area contributed by atoms with Crippen LogP contribution in [0.4, 0.5) is 5.69 Å². The molecule has 3 aromatic rings. The van der Waals surface area contributed by atoms with Crippen molar-refractivity contribution >= 4 is 21.6 Å². The van der Waals surface area contributed by atoms with E-state index in [-0.39, 0.29) is 0 Å². The molecular formula is C22H22BrNO3. The predicted molar refractivity (Wildman–Crippen MR) is 112 cm³/mol. The molecule has 0 aromatic heterocycles. The van der Waals surface area contributed by atoms with Crippen LogP contribution in [-0.2, 0) is 13.2 Å². The van der Waals surface area contributed by atoms with Crippen molar-refractivity contribution in [1.29, 1.82) is 0 Å². The molecule has 0 aliphatic heterocycles. The minimum atomic E-state index is 0.481. The molecule has 0 radical (unpaired) electrons. The van der Waals surface area contributed by atoms with Gasteiger partial charge in [-0.25, -0.2) is 0 Å². The van der Waals surface area contributed by atoms with Crippen LogP contribution in [0.25, 0.3) is 0 Å². The van der Waals surface area contributed by atoms with Gasteiger partial charge in [0, 0.05) is 22.3 Å². The Morgan fingerprint density at radius 3 is 2.30 bits per heavy atom. The lowest BCUT2D eigenvalue weighted by molar-refractivity contribution is 0.281. The van der Waals surface area contributed by atoms with E-state index in [1.807, 2.05) is 66.7 Å². The summed E-state index contributed by atoms with van der Waals surface area (Å²) in [6.07, 6.45) is 0. The summed E-state index contributed by atoms with van der Waals surface area (Å²) in [6, 6.07) is 21.9. The monoisotopic (exact) mass is 427 g/mol. The SMILES string of the molecule is COc1ccc(NCc2cc(Br)cc(OC)c2OCc2ccccc2)cc1. The highest BCUT2D eigenvalue weighted by Crippen LogP contribution is 2.36. The molecule has 0 spiro atoms. The molecule has 0 unspecified atom stereocenters. The first-order valence-corrected chi connectivity index (χ1v) is 9.40. The molecule has 5 heteroatoms. The van der Waals surface area contributed by atoms with Crippen molar-refractivity contribution in [2.45, 2.75) is 13.2 Å². The molecule has 4 nitrogen and oxygen atoms in total. The van der Waals surface area contributed by atoms with Crippen molar-refractivity contribution in [3.05, 3.63) is 82.3 Å². The first-order chi connectivity index (χ1) is 13.2. The fourth-order valence-electron chi connectivity index (χ4n) is 2.71. The summed E-state index contributed by atoms with van der Waals surface area (Å²) in [5.41, 5.74) is 3.12. The van der Waals surface area contributed by atoms with Gasteiger partial charge in [0.2, 0.25) is 0 Å². The first kappa shape index (κ1) is 19.1. The summed E-state index contributed by atoms with van der Waals surface area (Å²) >= 11 is 3.55. The van der Waals surface area contributed by atoms with E-state index in [0.29, 0.717) is 18.9 Å². The van der Waals surface area contributed by atoms with Crippen LogP contribution in [0.5, 0.6) is 17.2 Å². The Balaban J connectivity index is 1.78. The summed E-state index contributed by atoms with van der Waals surface area (Å²) in [4.78, 5) is 0. The minimum Gasteiger partial charge on any atom is -0.497 e. The maximum atomic E-state index is 6.12. The smallest absolute Gasteiger partial charge is 0.166 e. The van der Waals surface area contributed by atoms with E-state index in [1.54, 1.807) is 14.2 Å². The highest BCUT2D eigenvalue weighted by atomic mass is 79.9. The second-order valence-electron chi connectivity index (χ2n) is 5.95. The molecule has 0 heterocycles. The van der Waals surface area contributed by atoms with Crippen LogP contribution in [0.1, 0.15) is 11.1 Å². The summed E-state index contributed by atoms with van der Waals surface area (Å²) in [7, 11) is 3.31. The number of benzene rings is 3. The van der Waals surface area contributed by atoms with Gasteiger partial charge in [-0.1, -0.05) is 46.3 Å². The van der Waals surface area contributed by atoms with Gasteiger partial charge in [0.1, 0.15) is 12.4 Å². The second-order valence-corrected chi connectivity index (χ2v) is 6.87. The van der Waals surface area contributed by atoms with Crippen LogP contribution >= 0.6 is 15.9 Å². The van der Waals surface area contributed by atoms with E-state index >= 15 is 0 Å². The van der Waals surface area contributed by atoms with E-state index in [2.05, 4.69) is 21.2 Å². The van der Waals surface area contributed by atoms with Crippen molar-refractivity contribution in [3.63, 3.8) is 0 Å². The maximum Gasteiger partial charge on any atom is 0.166 e. The van der Waals surface area contributed by atoms with E-state index in [4.69, 9.17) is 14.2 Å². The molecule has 1 N–H and O–H groups in total. The van der Waals surface area contributed by atoms with Crippen LogP contribution in [0, 0.1) is 0 Å². The number of hydrogen-bond donors (Lipinski definition) is 1. The topological polar surface area (TPSA) is 39.7 Å². The fourth-order valence-corrected chi connectivity index (χ4v) is 3.19. The van der Waals surface area contributed by atoms with Gasteiger partial charge in [-0.15, -0.1) is 0 Å². The zero-order valence-corrected chi connectivity index (χ0v) is 17.0. The summed E-state index contributed by atoms with van der Waals surface area (Å²) < 4.78 is 17.8. The number of nitrogens with one attached hydrogen (secondary N) is 1. The van der Waals surface area contributed by atoms with Gasteiger partial charge in [0.05, 0.1) is 14.2 Å². The lowest BCUT2D eigenvalue weighted by Gasteiger charge is -2.17. The zero-order chi connectivity index (χ0) is 19.1. The van der Waals surface area contributed by atoms with Gasteiger partial charge < -0.3 is 19.5 Å². The predicted octanol–water partition coefficient (Wildman–Crippen LogP) is 5.66. The van der Waals surface area contributed by atoms with Gasteiger partial charge in [-0.3, -0.25) is 0 Å². The van der Waals surface area contributed by atoms with E-state index in [0.717, 1.165) is 32.8 Å². The largest absolute Gasteiger partial charge is 0.497 e. The Labute approximate surface area is 168 Å². The molecular weight excluding hydrogens is 406 g/mol. The Kier molecular flexibility index (Phi) is 6.60. The molecule has 0 aliphatic carbocycles. The molecule has 0 aliphatic rings. The van der Waals surface area contributed by atoms with Gasteiger partial charge >= 0.3 is 0 Å². The Hall–Kier alpha value is -2.66. The normalized spacial score (nSPS) is 10.3. The molecule has 0 saturated carbocycles. The fraction of sp³-hybridized carbons (Fsp3) is 0.182. The average Bonchev–Trinajstić information content (AvgIpc) is 2.72. The maximum absolute atomic E-state index is 6.12. The van der Waals surface area contributed by atoms with Crippen molar-refractivity contribution < 1.29 is 14.2 Å². The third-order valence-corrected chi connectivity index (χ3v) is 4.57. The number of anilines is 1. The van der Waals surface area contributed by atoms with Crippen LogP contribution in [0.3, 0.4) is 0 Å². The van der Waals surface area contributed by atoms with E-state index in [1.165, 1.54) is 0 Å². The molecule has 0 bridgehead atoms. The Bertz CT molecular complexity index is 867. The number of rotatable bonds is 8.